The first-order chi connectivity index (χ1) is 12.6. The van der Waals surface area contributed by atoms with Gasteiger partial charge < -0.3 is 0 Å². The van der Waals surface area contributed by atoms with Gasteiger partial charge in [0.15, 0.2) is 0 Å². The third kappa shape index (κ3) is 3.04. The molecule has 0 nitrogen and oxygen atoms in total. The standard InChI is InChI=1S/C26H24/c1-18-8-4-5-11-24(18)26-17-21(15-14-20(26)3)16-22-10-7-12-23-19(2)9-6-13-25(22)23/h4-15,17H,16H2,1-3H3. The smallest absolute Gasteiger partial charge is 0.00194 e. The van der Waals surface area contributed by atoms with Gasteiger partial charge in [0.2, 0.25) is 0 Å². The fraction of sp³-hybridized carbons (Fsp3) is 0.154. The van der Waals surface area contributed by atoms with Crippen molar-refractivity contribution in [3.8, 4) is 11.1 Å². The Morgan fingerprint density at radius 2 is 1.23 bits per heavy atom. The Kier molecular flexibility index (Phi) is 4.34. The monoisotopic (exact) mass is 336 g/mol. The van der Waals surface area contributed by atoms with Gasteiger partial charge in [0, 0.05) is 0 Å². The summed E-state index contributed by atoms with van der Waals surface area (Å²) in [5, 5.41) is 2.72. The van der Waals surface area contributed by atoms with E-state index in [1.54, 1.807) is 0 Å². The topological polar surface area (TPSA) is 0 Å². The Morgan fingerprint density at radius 3 is 2.08 bits per heavy atom. The maximum atomic E-state index is 2.37. The highest BCUT2D eigenvalue weighted by Gasteiger charge is 2.08. The van der Waals surface area contributed by atoms with Crippen molar-refractivity contribution in [3.63, 3.8) is 0 Å². The first-order valence-corrected chi connectivity index (χ1v) is 9.26. The Hall–Kier alpha value is -2.86. The summed E-state index contributed by atoms with van der Waals surface area (Å²) < 4.78 is 0. The number of rotatable bonds is 3. The van der Waals surface area contributed by atoms with Crippen LogP contribution in [0.3, 0.4) is 0 Å². The molecule has 0 aliphatic heterocycles. The van der Waals surface area contributed by atoms with Crippen molar-refractivity contribution >= 4 is 10.8 Å². The summed E-state index contributed by atoms with van der Waals surface area (Å²) in [5.41, 5.74) is 9.44. The molecular formula is C26H24. The molecule has 0 fully saturated rings. The number of hydrogen-bond donors (Lipinski definition) is 0. The lowest BCUT2D eigenvalue weighted by molar-refractivity contribution is 1.20. The van der Waals surface area contributed by atoms with Crippen molar-refractivity contribution in [2.45, 2.75) is 27.2 Å². The molecule has 0 amide bonds. The first-order valence-electron chi connectivity index (χ1n) is 9.26. The molecule has 128 valence electrons. The number of hydrogen-bond acceptors (Lipinski definition) is 0. The molecule has 0 aromatic heterocycles. The van der Waals surface area contributed by atoms with E-state index < -0.39 is 0 Å². The molecule has 0 saturated heterocycles. The van der Waals surface area contributed by atoms with Gasteiger partial charge in [-0.05, 0) is 76.9 Å². The SMILES string of the molecule is Cc1ccccc1-c1cc(Cc2cccc3c(C)cccc23)ccc1C. The summed E-state index contributed by atoms with van der Waals surface area (Å²) in [6.45, 7) is 6.58. The van der Waals surface area contributed by atoms with E-state index in [1.807, 2.05) is 0 Å². The molecule has 4 rings (SSSR count). The van der Waals surface area contributed by atoms with E-state index in [2.05, 4.69) is 99.6 Å². The maximum Gasteiger partial charge on any atom is -0.00194 e. The van der Waals surface area contributed by atoms with Gasteiger partial charge in [-0.2, -0.15) is 0 Å². The average molecular weight is 336 g/mol. The molecule has 0 saturated carbocycles. The van der Waals surface area contributed by atoms with Gasteiger partial charge in [-0.15, -0.1) is 0 Å². The van der Waals surface area contributed by atoms with Crippen LogP contribution in [0.15, 0.2) is 78.9 Å². The minimum Gasteiger partial charge on any atom is -0.0620 e. The molecule has 0 unspecified atom stereocenters. The Balaban J connectivity index is 1.78. The van der Waals surface area contributed by atoms with Crippen LogP contribution in [0.4, 0.5) is 0 Å². The van der Waals surface area contributed by atoms with E-state index in [4.69, 9.17) is 0 Å². The Labute approximate surface area is 156 Å². The number of fused-ring (bicyclic) bond motifs is 1. The largest absolute Gasteiger partial charge is 0.0620 e. The molecule has 0 N–H and O–H groups in total. The van der Waals surface area contributed by atoms with Crippen LogP contribution in [0.25, 0.3) is 21.9 Å². The molecule has 0 aliphatic carbocycles. The van der Waals surface area contributed by atoms with Crippen LogP contribution in [-0.4, -0.2) is 0 Å². The summed E-state index contributed by atoms with van der Waals surface area (Å²) in [7, 11) is 0. The van der Waals surface area contributed by atoms with Gasteiger partial charge >= 0.3 is 0 Å². The molecule has 4 aromatic rings. The van der Waals surface area contributed by atoms with Crippen molar-refractivity contribution < 1.29 is 0 Å². The van der Waals surface area contributed by atoms with Gasteiger partial charge in [-0.1, -0.05) is 78.9 Å². The second-order valence-electron chi connectivity index (χ2n) is 7.23. The highest BCUT2D eigenvalue weighted by Crippen LogP contribution is 2.29. The minimum absolute atomic E-state index is 0.958. The lowest BCUT2D eigenvalue weighted by Gasteiger charge is -2.13. The van der Waals surface area contributed by atoms with E-state index >= 15 is 0 Å². The summed E-state index contributed by atoms with van der Waals surface area (Å²) in [4.78, 5) is 0. The van der Waals surface area contributed by atoms with E-state index in [1.165, 1.54) is 49.7 Å². The molecule has 0 heteroatoms. The quantitative estimate of drug-likeness (QED) is 0.377. The summed E-state index contributed by atoms with van der Waals surface area (Å²) in [6.07, 6.45) is 0.958. The predicted molar refractivity (Wildman–Crippen MR) is 113 cm³/mol. The van der Waals surface area contributed by atoms with Gasteiger partial charge in [-0.3, -0.25) is 0 Å². The lowest BCUT2D eigenvalue weighted by Crippen LogP contribution is -1.94. The second kappa shape index (κ2) is 6.80. The summed E-state index contributed by atoms with van der Waals surface area (Å²) in [5.74, 6) is 0. The molecule has 0 radical (unpaired) electrons. The highest BCUT2D eigenvalue weighted by atomic mass is 14.1. The highest BCUT2D eigenvalue weighted by molar-refractivity contribution is 5.88. The minimum atomic E-state index is 0.958. The van der Waals surface area contributed by atoms with Crippen molar-refractivity contribution in [1.82, 2.24) is 0 Å². The van der Waals surface area contributed by atoms with Crippen LogP contribution in [0.1, 0.15) is 27.8 Å². The fourth-order valence-electron chi connectivity index (χ4n) is 3.85. The second-order valence-corrected chi connectivity index (χ2v) is 7.23. The predicted octanol–water partition coefficient (Wildman–Crippen LogP) is 7.02. The van der Waals surface area contributed by atoms with Crippen molar-refractivity contribution in [2.24, 2.45) is 0 Å². The van der Waals surface area contributed by atoms with Crippen LogP contribution < -0.4 is 0 Å². The Bertz CT molecular complexity index is 1090. The Morgan fingerprint density at radius 1 is 0.538 bits per heavy atom. The summed E-state index contributed by atoms with van der Waals surface area (Å²) >= 11 is 0. The first kappa shape index (κ1) is 16.6. The maximum absolute atomic E-state index is 2.37. The van der Waals surface area contributed by atoms with Gasteiger partial charge in [-0.25, -0.2) is 0 Å². The van der Waals surface area contributed by atoms with Crippen molar-refractivity contribution in [2.75, 3.05) is 0 Å². The molecule has 0 spiro atoms. The number of aryl methyl sites for hydroxylation is 3. The van der Waals surface area contributed by atoms with E-state index in [0.717, 1.165) is 6.42 Å². The van der Waals surface area contributed by atoms with Gasteiger partial charge in [0.1, 0.15) is 0 Å². The normalized spacial score (nSPS) is 11.0. The third-order valence-corrected chi connectivity index (χ3v) is 5.36. The van der Waals surface area contributed by atoms with E-state index in [9.17, 15) is 0 Å². The van der Waals surface area contributed by atoms with Crippen LogP contribution in [0.2, 0.25) is 0 Å². The molecule has 0 aliphatic rings. The molecule has 0 bridgehead atoms. The van der Waals surface area contributed by atoms with Crippen LogP contribution in [-0.2, 0) is 6.42 Å². The zero-order valence-corrected chi connectivity index (χ0v) is 15.7. The van der Waals surface area contributed by atoms with Crippen molar-refractivity contribution in [3.05, 3.63) is 107 Å². The lowest BCUT2D eigenvalue weighted by atomic mass is 9.91. The van der Waals surface area contributed by atoms with Crippen molar-refractivity contribution in [1.29, 1.82) is 0 Å². The molecule has 26 heavy (non-hydrogen) atoms. The van der Waals surface area contributed by atoms with Crippen LogP contribution in [0, 0.1) is 20.8 Å². The zero-order valence-electron chi connectivity index (χ0n) is 15.7. The molecule has 0 heterocycles. The molecule has 0 atom stereocenters. The fourth-order valence-corrected chi connectivity index (χ4v) is 3.85. The van der Waals surface area contributed by atoms with Gasteiger partial charge in [0.25, 0.3) is 0 Å². The van der Waals surface area contributed by atoms with Gasteiger partial charge in [0.05, 0.1) is 0 Å². The molecule has 4 aromatic carbocycles. The third-order valence-electron chi connectivity index (χ3n) is 5.36. The zero-order chi connectivity index (χ0) is 18.1. The molecular weight excluding hydrogens is 312 g/mol. The average Bonchev–Trinajstić information content (AvgIpc) is 2.65. The van der Waals surface area contributed by atoms with E-state index in [-0.39, 0.29) is 0 Å². The summed E-state index contributed by atoms with van der Waals surface area (Å²) in [6, 6.07) is 28.8. The number of benzene rings is 4. The van der Waals surface area contributed by atoms with E-state index in [0.29, 0.717) is 0 Å². The van der Waals surface area contributed by atoms with Crippen LogP contribution >= 0.6 is 0 Å². The van der Waals surface area contributed by atoms with Crippen LogP contribution in [0.5, 0.6) is 0 Å².